The van der Waals surface area contributed by atoms with Crippen LogP contribution in [0.1, 0.15) is 13.3 Å². The number of imide groups is 1. The van der Waals surface area contributed by atoms with Crippen molar-refractivity contribution in [2.24, 2.45) is 7.05 Å². The molecule has 0 aromatic carbocycles. The maximum Gasteiger partial charge on any atom is 0.264 e. The molecular weight excluding hydrogens is 354 g/mol. The summed E-state index contributed by atoms with van der Waals surface area (Å²) in [5, 5.41) is 9.13. The molecule has 1 aromatic heterocycles. The van der Waals surface area contributed by atoms with Gasteiger partial charge in [-0.3, -0.25) is 14.9 Å². The SMILES string of the molecule is CCC1C(=O)NC(=O)CN1S(=O)(=O)c1c(Br)nnn1C. The third kappa shape index (κ3) is 2.36. The number of amides is 2. The fourth-order valence-corrected chi connectivity index (χ4v) is 4.65. The van der Waals surface area contributed by atoms with Gasteiger partial charge in [0.15, 0.2) is 4.60 Å². The summed E-state index contributed by atoms with van der Waals surface area (Å²) in [6.45, 7) is 1.25. The number of nitrogens with zero attached hydrogens (tertiary/aromatic N) is 4. The number of piperazine rings is 1. The van der Waals surface area contributed by atoms with Crippen molar-refractivity contribution in [3.05, 3.63) is 4.60 Å². The average molecular weight is 366 g/mol. The zero-order valence-corrected chi connectivity index (χ0v) is 13.1. The molecule has 1 aromatic rings. The minimum Gasteiger partial charge on any atom is -0.294 e. The van der Waals surface area contributed by atoms with Gasteiger partial charge in [0.2, 0.25) is 16.8 Å². The number of nitrogens with one attached hydrogen (secondary N) is 1. The topological polar surface area (TPSA) is 114 Å². The molecule has 1 N–H and O–H groups in total. The Balaban J connectivity index is 2.52. The molecule has 0 spiro atoms. The van der Waals surface area contributed by atoms with Crippen LogP contribution in [-0.4, -0.2) is 52.1 Å². The Morgan fingerprint density at radius 1 is 1.45 bits per heavy atom. The summed E-state index contributed by atoms with van der Waals surface area (Å²) >= 11 is 3.01. The monoisotopic (exact) mass is 365 g/mol. The molecule has 0 bridgehead atoms. The summed E-state index contributed by atoms with van der Waals surface area (Å²) in [5.41, 5.74) is 0. The molecule has 9 nitrogen and oxygen atoms in total. The molecule has 1 aliphatic heterocycles. The summed E-state index contributed by atoms with van der Waals surface area (Å²) in [5.74, 6) is -1.28. The van der Waals surface area contributed by atoms with Gasteiger partial charge in [-0.1, -0.05) is 12.1 Å². The summed E-state index contributed by atoms with van der Waals surface area (Å²) in [6.07, 6.45) is 0.251. The largest absolute Gasteiger partial charge is 0.294 e. The highest BCUT2D eigenvalue weighted by molar-refractivity contribution is 9.10. The number of aromatic nitrogens is 3. The second kappa shape index (κ2) is 5.22. The normalized spacial score (nSPS) is 21.1. The minimum absolute atomic E-state index is 0.0354. The molecule has 1 unspecified atom stereocenters. The molecule has 1 aliphatic rings. The van der Waals surface area contributed by atoms with Crippen molar-refractivity contribution in [2.75, 3.05) is 6.54 Å². The van der Waals surface area contributed by atoms with Gasteiger partial charge >= 0.3 is 0 Å². The molecule has 2 rings (SSSR count). The average Bonchev–Trinajstić information content (AvgIpc) is 2.68. The standard InChI is InChI=1S/C9H12BrN5O4S/c1-3-5-8(17)11-6(16)4-15(5)20(18,19)9-7(10)12-13-14(9)2/h5H,3-4H2,1-2H3,(H,11,16,17). The van der Waals surface area contributed by atoms with E-state index in [0.717, 1.165) is 8.99 Å². The van der Waals surface area contributed by atoms with Gasteiger partial charge in [0, 0.05) is 7.05 Å². The Bertz CT molecular complexity index is 650. The lowest BCUT2D eigenvalue weighted by atomic mass is 10.2. The van der Waals surface area contributed by atoms with Crippen LogP contribution in [0, 0.1) is 0 Å². The second-order valence-electron chi connectivity index (χ2n) is 4.20. The third-order valence-electron chi connectivity index (χ3n) is 2.89. The predicted molar refractivity (Wildman–Crippen MR) is 69.8 cm³/mol. The fourth-order valence-electron chi connectivity index (χ4n) is 1.99. The van der Waals surface area contributed by atoms with Gasteiger partial charge in [-0.05, 0) is 22.4 Å². The van der Waals surface area contributed by atoms with Crippen LogP contribution in [0.3, 0.4) is 0 Å². The van der Waals surface area contributed by atoms with E-state index in [0.29, 0.717) is 0 Å². The Morgan fingerprint density at radius 3 is 2.60 bits per heavy atom. The van der Waals surface area contributed by atoms with Crippen molar-refractivity contribution in [1.82, 2.24) is 24.6 Å². The van der Waals surface area contributed by atoms with Crippen molar-refractivity contribution in [3.8, 4) is 0 Å². The van der Waals surface area contributed by atoms with Crippen LogP contribution >= 0.6 is 15.9 Å². The van der Waals surface area contributed by atoms with E-state index in [1.807, 2.05) is 0 Å². The molecule has 1 fully saturated rings. The number of sulfonamides is 1. The molecule has 0 radical (unpaired) electrons. The van der Waals surface area contributed by atoms with Crippen molar-refractivity contribution < 1.29 is 18.0 Å². The number of carbonyl (C=O) groups excluding carboxylic acids is 2. The first-order valence-corrected chi connectivity index (χ1v) is 7.93. The van der Waals surface area contributed by atoms with Gasteiger partial charge < -0.3 is 0 Å². The summed E-state index contributed by atoms with van der Waals surface area (Å²) in [7, 11) is -2.65. The predicted octanol–water partition coefficient (Wildman–Crippen LogP) is -0.997. The first-order valence-electron chi connectivity index (χ1n) is 5.69. The highest BCUT2D eigenvalue weighted by Gasteiger charge is 2.42. The molecule has 1 atom stereocenters. The van der Waals surface area contributed by atoms with Gasteiger partial charge in [-0.15, -0.1) is 5.10 Å². The zero-order chi connectivity index (χ0) is 15.1. The van der Waals surface area contributed by atoms with E-state index in [9.17, 15) is 18.0 Å². The first kappa shape index (κ1) is 15.1. The van der Waals surface area contributed by atoms with Crippen molar-refractivity contribution in [1.29, 1.82) is 0 Å². The number of carbonyl (C=O) groups is 2. The minimum atomic E-state index is -4.06. The molecule has 0 saturated carbocycles. The van der Waals surface area contributed by atoms with E-state index in [1.54, 1.807) is 6.92 Å². The van der Waals surface area contributed by atoms with Crippen LogP contribution < -0.4 is 5.32 Å². The number of hydrogen-bond donors (Lipinski definition) is 1. The maximum absolute atomic E-state index is 12.6. The van der Waals surface area contributed by atoms with Crippen LogP contribution in [0.5, 0.6) is 0 Å². The van der Waals surface area contributed by atoms with E-state index < -0.39 is 34.4 Å². The quantitative estimate of drug-likeness (QED) is 0.687. The number of aryl methyl sites for hydroxylation is 1. The van der Waals surface area contributed by atoms with Crippen LogP contribution in [0.25, 0.3) is 0 Å². The van der Waals surface area contributed by atoms with E-state index in [-0.39, 0.29) is 16.0 Å². The highest BCUT2D eigenvalue weighted by Crippen LogP contribution is 2.25. The molecule has 2 amide bonds. The summed E-state index contributed by atoms with van der Waals surface area (Å²) in [6, 6.07) is -0.931. The van der Waals surface area contributed by atoms with Crippen LogP contribution in [0.15, 0.2) is 9.63 Å². The Morgan fingerprint density at radius 2 is 2.10 bits per heavy atom. The van der Waals surface area contributed by atoms with E-state index in [4.69, 9.17) is 0 Å². The van der Waals surface area contributed by atoms with Gasteiger partial charge in [0.25, 0.3) is 10.0 Å². The second-order valence-corrected chi connectivity index (χ2v) is 6.75. The Labute approximate surface area is 123 Å². The smallest absolute Gasteiger partial charge is 0.264 e. The third-order valence-corrected chi connectivity index (χ3v) is 5.63. The molecule has 1 saturated heterocycles. The van der Waals surface area contributed by atoms with Crippen molar-refractivity contribution in [2.45, 2.75) is 24.4 Å². The first-order chi connectivity index (χ1) is 9.28. The van der Waals surface area contributed by atoms with Crippen molar-refractivity contribution in [3.63, 3.8) is 0 Å². The van der Waals surface area contributed by atoms with E-state index in [1.165, 1.54) is 7.05 Å². The molecule has 2 heterocycles. The molecule has 110 valence electrons. The van der Waals surface area contributed by atoms with Crippen LogP contribution in [0.4, 0.5) is 0 Å². The lowest BCUT2D eigenvalue weighted by Crippen LogP contribution is -2.59. The number of halogens is 1. The number of hydrogen-bond acceptors (Lipinski definition) is 6. The Hall–Kier alpha value is -1.33. The zero-order valence-electron chi connectivity index (χ0n) is 10.7. The summed E-state index contributed by atoms with van der Waals surface area (Å²) < 4.78 is 27.2. The Kier molecular flexibility index (Phi) is 3.93. The fraction of sp³-hybridized carbons (Fsp3) is 0.556. The van der Waals surface area contributed by atoms with Crippen LogP contribution in [-0.2, 0) is 26.7 Å². The van der Waals surface area contributed by atoms with Gasteiger partial charge in [0.1, 0.15) is 6.04 Å². The maximum atomic E-state index is 12.6. The lowest BCUT2D eigenvalue weighted by molar-refractivity contribution is -0.137. The molecule has 20 heavy (non-hydrogen) atoms. The van der Waals surface area contributed by atoms with Crippen LogP contribution in [0.2, 0.25) is 0 Å². The van der Waals surface area contributed by atoms with E-state index >= 15 is 0 Å². The molecule has 11 heteroatoms. The molecule has 0 aliphatic carbocycles. The summed E-state index contributed by atoms with van der Waals surface area (Å²) in [4.78, 5) is 23.2. The molecular formula is C9H12BrN5O4S. The van der Waals surface area contributed by atoms with Gasteiger partial charge in [0.05, 0.1) is 6.54 Å². The van der Waals surface area contributed by atoms with Gasteiger partial charge in [-0.25, -0.2) is 13.1 Å². The van der Waals surface area contributed by atoms with E-state index in [2.05, 4.69) is 31.6 Å². The van der Waals surface area contributed by atoms with Gasteiger partial charge in [-0.2, -0.15) is 4.31 Å². The highest BCUT2D eigenvalue weighted by atomic mass is 79.9. The number of rotatable bonds is 3. The lowest BCUT2D eigenvalue weighted by Gasteiger charge is -2.32. The van der Waals surface area contributed by atoms with Crippen molar-refractivity contribution >= 4 is 37.8 Å².